The average molecular weight is 243 g/mol. The molecule has 1 atom stereocenters. The molecule has 1 unspecified atom stereocenters. The Morgan fingerprint density at radius 2 is 2.24 bits per heavy atom. The van der Waals surface area contributed by atoms with E-state index in [4.69, 9.17) is 0 Å². The molecule has 1 aromatic rings. The third-order valence-electron chi connectivity index (χ3n) is 3.46. The van der Waals surface area contributed by atoms with E-state index in [0.717, 1.165) is 13.0 Å². The molecule has 1 aliphatic heterocycles. The summed E-state index contributed by atoms with van der Waals surface area (Å²) in [6, 6.07) is 9.41. The van der Waals surface area contributed by atoms with Crippen LogP contribution >= 0.6 is 11.8 Å². The number of nitrogens with zero attached hydrogens (tertiary/aromatic N) is 1. The highest BCUT2D eigenvalue weighted by atomic mass is 32.2. The molecule has 0 saturated heterocycles. The van der Waals surface area contributed by atoms with Gasteiger partial charge in [-0.1, -0.05) is 42.1 Å². The van der Waals surface area contributed by atoms with Gasteiger partial charge in [0.05, 0.1) is 5.69 Å². The van der Waals surface area contributed by atoms with Gasteiger partial charge in [-0.2, -0.15) is 0 Å². The maximum absolute atomic E-state index is 2.55. The van der Waals surface area contributed by atoms with Gasteiger partial charge in [-0.25, -0.2) is 0 Å². The van der Waals surface area contributed by atoms with Gasteiger partial charge in [0.25, 0.3) is 0 Å². The van der Waals surface area contributed by atoms with Gasteiger partial charge in [-0.15, -0.1) is 0 Å². The second-order valence-corrected chi connectivity index (χ2v) is 5.68. The highest BCUT2D eigenvalue weighted by Crippen LogP contribution is 2.43. The van der Waals surface area contributed by atoms with E-state index in [1.807, 2.05) is 11.8 Å². The van der Waals surface area contributed by atoms with Crippen molar-refractivity contribution in [2.24, 2.45) is 0 Å². The summed E-state index contributed by atoms with van der Waals surface area (Å²) in [6.45, 7) is 3.34. The highest BCUT2D eigenvalue weighted by Gasteiger charge is 2.25. The average Bonchev–Trinajstić information content (AvgIpc) is 2.66. The summed E-state index contributed by atoms with van der Waals surface area (Å²) in [5.41, 5.74) is 1.41. The van der Waals surface area contributed by atoms with Crippen LogP contribution in [0.1, 0.15) is 19.8 Å². The Balaban J connectivity index is 2.10. The lowest BCUT2D eigenvalue weighted by Gasteiger charge is -2.31. The van der Waals surface area contributed by atoms with Crippen LogP contribution in [0.4, 0.5) is 5.69 Å². The number of benzene rings is 1. The summed E-state index contributed by atoms with van der Waals surface area (Å²) in [6.07, 6.45) is 9.13. The summed E-state index contributed by atoms with van der Waals surface area (Å²) >= 11 is 1.93. The monoisotopic (exact) mass is 243 g/mol. The van der Waals surface area contributed by atoms with E-state index in [1.54, 1.807) is 0 Å². The van der Waals surface area contributed by atoms with Gasteiger partial charge in [-0.3, -0.25) is 0 Å². The molecule has 0 saturated carbocycles. The number of para-hydroxylation sites is 1. The Labute approximate surface area is 107 Å². The molecule has 0 N–H and O–H groups in total. The van der Waals surface area contributed by atoms with Crippen molar-refractivity contribution < 1.29 is 0 Å². The zero-order valence-electron chi connectivity index (χ0n) is 10.1. The van der Waals surface area contributed by atoms with Crippen LogP contribution in [0.15, 0.2) is 52.3 Å². The molecule has 17 heavy (non-hydrogen) atoms. The summed E-state index contributed by atoms with van der Waals surface area (Å²) < 4.78 is 0. The van der Waals surface area contributed by atoms with Crippen molar-refractivity contribution in [3.05, 3.63) is 47.4 Å². The van der Waals surface area contributed by atoms with Crippen molar-refractivity contribution in [1.82, 2.24) is 0 Å². The van der Waals surface area contributed by atoms with E-state index in [2.05, 4.69) is 54.3 Å². The van der Waals surface area contributed by atoms with Crippen LogP contribution in [0.3, 0.4) is 0 Å². The van der Waals surface area contributed by atoms with Crippen LogP contribution in [-0.4, -0.2) is 12.6 Å². The van der Waals surface area contributed by atoms with E-state index in [-0.39, 0.29) is 0 Å². The maximum Gasteiger partial charge on any atom is 0.0510 e. The van der Waals surface area contributed by atoms with Crippen LogP contribution in [0.2, 0.25) is 0 Å². The second-order valence-electron chi connectivity index (χ2n) is 4.51. The predicted molar refractivity (Wildman–Crippen MR) is 75.6 cm³/mol. The van der Waals surface area contributed by atoms with Crippen LogP contribution in [0, 0.1) is 0 Å². The third-order valence-corrected chi connectivity index (χ3v) is 4.59. The largest absolute Gasteiger partial charge is 0.367 e. The van der Waals surface area contributed by atoms with Gasteiger partial charge in [0.2, 0.25) is 0 Å². The quantitative estimate of drug-likeness (QED) is 0.726. The van der Waals surface area contributed by atoms with Crippen molar-refractivity contribution in [2.75, 3.05) is 11.4 Å². The van der Waals surface area contributed by atoms with Crippen molar-refractivity contribution in [3.63, 3.8) is 0 Å². The molecule has 0 fully saturated rings. The Hall–Kier alpha value is -1.15. The molecule has 0 spiro atoms. The second kappa shape index (κ2) is 4.61. The lowest BCUT2D eigenvalue weighted by atomic mass is 10.1. The number of rotatable bonds is 1. The van der Waals surface area contributed by atoms with Crippen molar-refractivity contribution in [3.8, 4) is 0 Å². The molecule has 1 aliphatic carbocycles. The van der Waals surface area contributed by atoms with Crippen LogP contribution in [0.5, 0.6) is 0 Å². The van der Waals surface area contributed by atoms with Gasteiger partial charge < -0.3 is 4.90 Å². The highest BCUT2D eigenvalue weighted by molar-refractivity contribution is 8.03. The van der Waals surface area contributed by atoms with Gasteiger partial charge >= 0.3 is 0 Å². The van der Waals surface area contributed by atoms with Crippen molar-refractivity contribution in [1.29, 1.82) is 0 Å². The number of anilines is 1. The number of fused-ring (bicyclic) bond motifs is 3. The number of thioether (sulfide) groups is 1. The molecule has 0 radical (unpaired) electrons. The molecule has 0 amide bonds. The topological polar surface area (TPSA) is 3.24 Å². The van der Waals surface area contributed by atoms with E-state index >= 15 is 0 Å². The molecular weight excluding hydrogens is 226 g/mol. The van der Waals surface area contributed by atoms with Gasteiger partial charge in [0.15, 0.2) is 0 Å². The predicted octanol–water partition coefficient (Wildman–Crippen LogP) is 4.22. The minimum atomic E-state index is 0.626. The van der Waals surface area contributed by atoms with Gasteiger partial charge in [-0.05, 0) is 36.8 Å². The van der Waals surface area contributed by atoms with Crippen LogP contribution in [-0.2, 0) is 0 Å². The Morgan fingerprint density at radius 3 is 3.12 bits per heavy atom. The van der Waals surface area contributed by atoms with Gasteiger partial charge in [0.1, 0.15) is 0 Å². The number of hydrogen-bond donors (Lipinski definition) is 0. The molecule has 0 aromatic heterocycles. The molecule has 2 heteroatoms. The zero-order valence-corrected chi connectivity index (χ0v) is 10.9. The summed E-state index contributed by atoms with van der Waals surface area (Å²) in [7, 11) is 0. The van der Waals surface area contributed by atoms with Crippen LogP contribution in [0.25, 0.3) is 0 Å². The molecule has 1 nitrogen and oxygen atoms in total. The number of allylic oxidation sites excluding steroid dienone is 2. The fourth-order valence-corrected chi connectivity index (χ4v) is 3.80. The molecule has 2 aliphatic rings. The van der Waals surface area contributed by atoms with E-state index in [0.29, 0.717) is 6.04 Å². The first-order valence-corrected chi connectivity index (χ1v) is 7.09. The standard InChI is InChI=1S/C15H17NS/c1-2-16-12-7-3-4-8-13(11-12)17-15-10-6-5-9-14(15)16/h3-6,8-10,12H,2,7,11H2,1H3. The van der Waals surface area contributed by atoms with E-state index in [1.165, 1.54) is 21.9 Å². The van der Waals surface area contributed by atoms with E-state index < -0.39 is 0 Å². The summed E-state index contributed by atoms with van der Waals surface area (Å²) in [5.74, 6) is 0. The van der Waals surface area contributed by atoms with Crippen molar-refractivity contribution >= 4 is 17.4 Å². The molecule has 1 heterocycles. The number of hydrogen-bond acceptors (Lipinski definition) is 2. The molecular formula is C15H17NS. The lowest BCUT2D eigenvalue weighted by Crippen LogP contribution is -2.34. The fraction of sp³-hybridized carbons (Fsp3) is 0.333. The van der Waals surface area contributed by atoms with Crippen molar-refractivity contribution in [2.45, 2.75) is 30.7 Å². The first-order valence-electron chi connectivity index (χ1n) is 6.27. The smallest absolute Gasteiger partial charge is 0.0510 e. The Bertz CT molecular complexity index is 476. The molecule has 2 bridgehead atoms. The SMILES string of the molecule is CCN1c2ccccc2SC2=CC=CCC1C2. The first-order chi connectivity index (χ1) is 8.38. The Morgan fingerprint density at radius 1 is 1.35 bits per heavy atom. The third kappa shape index (κ3) is 2.02. The normalized spacial score (nSPS) is 22.5. The van der Waals surface area contributed by atoms with E-state index in [9.17, 15) is 0 Å². The minimum absolute atomic E-state index is 0.626. The lowest BCUT2D eigenvalue weighted by molar-refractivity contribution is 0.612. The fourth-order valence-electron chi connectivity index (χ4n) is 2.65. The minimum Gasteiger partial charge on any atom is -0.367 e. The summed E-state index contributed by atoms with van der Waals surface area (Å²) in [5, 5.41) is 0. The first kappa shape index (κ1) is 11.0. The molecule has 88 valence electrons. The molecule has 1 aromatic carbocycles. The van der Waals surface area contributed by atoms with Gasteiger partial charge in [0, 0.05) is 17.5 Å². The van der Waals surface area contributed by atoms with Crippen LogP contribution < -0.4 is 4.90 Å². The summed E-state index contributed by atoms with van der Waals surface area (Å²) in [4.78, 5) is 5.45. The maximum atomic E-state index is 2.55. The zero-order chi connectivity index (χ0) is 11.7. The molecule has 3 rings (SSSR count). The Kier molecular flexibility index (Phi) is 2.98.